The Kier molecular flexibility index (Phi) is 4.07. The van der Waals surface area contributed by atoms with Crippen LogP contribution in [-0.4, -0.2) is 18.1 Å². The SMILES string of the molecule is COc1ccc(-c2ccc([N+](=O)[O-])cc2)cc1OC1CC2CCC1C2. The van der Waals surface area contributed by atoms with Crippen LogP contribution >= 0.6 is 0 Å². The Balaban J connectivity index is 1.60. The normalized spacial score (nSPS) is 24.3. The number of rotatable bonds is 5. The van der Waals surface area contributed by atoms with Gasteiger partial charge < -0.3 is 9.47 Å². The predicted octanol–water partition coefficient (Wildman–Crippen LogP) is 4.84. The van der Waals surface area contributed by atoms with Gasteiger partial charge in [0.25, 0.3) is 5.69 Å². The monoisotopic (exact) mass is 339 g/mol. The molecule has 3 atom stereocenters. The predicted molar refractivity (Wildman–Crippen MR) is 94.9 cm³/mol. The average molecular weight is 339 g/mol. The van der Waals surface area contributed by atoms with E-state index >= 15 is 0 Å². The Morgan fingerprint density at radius 1 is 1.00 bits per heavy atom. The van der Waals surface area contributed by atoms with Crippen LogP contribution in [-0.2, 0) is 0 Å². The molecule has 5 nitrogen and oxygen atoms in total. The first-order chi connectivity index (χ1) is 12.1. The first-order valence-electron chi connectivity index (χ1n) is 8.73. The number of nitro benzene ring substituents is 1. The fourth-order valence-corrected chi connectivity index (χ4v) is 4.22. The van der Waals surface area contributed by atoms with E-state index < -0.39 is 0 Å². The van der Waals surface area contributed by atoms with Crippen LogP contribution in [0, 0.1) is 22.0 Å². The fourth-order valence-electron chi connectivity index (χ4n) is 4.22. The van der Waals surface area contributed by atoms with Crippen molar-refractivity contribution in [1.29, 1.82) is 0 Å². The van der Waals surface area contributed by atoms with Crippen LogP contribution in [0.25, 0.3) is 11.1 Å². The third kappa shape index (κ3) is 3.06. The van der Waals surface area contributed by atoms with E-state index in [2.05, 4.69) is 0 Å². The molecule has 5 heteroatoms. The number of hydrogen-bond donors (Lipinski definition) is 0. The molecule has 2 aromatic carbocycles. The Bertz CT molecular complexity index is 787. The van der Waals surface area contributed by atoms with Gasteiger partial charge in [0, 0.05) is 12.1 Å². The summed E-state index contributed by atoms with van der Waals surface area (Å²) >= 11 is 0. The molecular weight excluding hydrogens is 318 g/mol. The van der Waals surface area contributed by atoms with E-state index in [0.717, 1.165) is 35.0 Å². The molecule has 0 aliphatic heterocycles. The molecule has 0 saturated heterocycles. The Morgan fingerprint density at radius 3 is 2.36 bits per heavy atom. The van der Waals surface area contributed by atoms with Crippen LogP contribution in [0.15, 0.2) is 42.5 Å². The lowest BCUT2D eigenvalue weighted by molar-refractivity contribution is -0.384. The minimum atomic E-state index is -0.387. The van der Waals surface area contributed by atoms with Crippen LogP contribution in [0.2, 0.25) is 0 Å². The number of non-ortho nitro benzene ring substituents is 1. The van der Waals surface area contributed by atoms with Gasteiger partial charge in [-0.25, -0.2) is 0 Å². The van der Waals surface area contributed by atoms with Crippen molar-refractivity contribution < 1.29 is 14.4 Å². The number of fused-ring (bicyclic) bond motifs is 2. The van der Waals surface area contributed by atoms with Crippen LogP contribution in [0.4, 0.5) is 5.69 Å². The molecule has 0 radical (unpaired) electrons. The van der Waals surface area contributed by atoms with E-state index in [-0.39, 0.29) is 16.7 Å². The summed E-state index contributed by atoms with van der Waals surface area (Å²) in [6, 6.07) is 12.4. The summed E-state index contributed by atoms with van der Waals surface area (Å²) in [6.07, 6.45) is 5.30. The summed E-state index contributed by atoms with van der Waals surface area (Å²) < 4.78 is 11.8. The van der Waals surface area contributed by atoms with Gasteiger partial charge >= 0.3 is 0 Å². The van der Waals surface area contributed by atoms with Crippen LogP contribution < -0.4 is 9.47 Å². The zero-order chi connectivity index (χ0) is 17.4. The average Bonchev–Trinajstić information content (AvgIpc) is 3.25. The van der Waals surface area contributed by atoms with E-state index in [1.807, 2.05) is 18.2 Å². The van der Waals surface area contributed by atoms with E-state index in [1.165, 1.54) is 31.4 Å². The number of ether oxygens (including phenoxy) is 2. The minimum Gasteiger partial charge on any atom is -0.493 e. The van der Waals surface area contributed by atoms with Crippen molar-refractivity contribution >= 4 is 5.69 Å². The third-order valence-corrected chi connectivity index (χ3v) is 5.53. The van der Waals surface area contributed by atoms with Gasteiger partial charge in [-0.1, -0.05) is 6.07 Å². The maximum Gasteiger partial charge on any atom is 0.269 e. The van der Waals surface area contributed by atoms with Gasteiger partial charge in [0.05, 0.1) is 12.0 Å². The van der Waals surface area contributed by atoms with Gasteiger partial charge in [0.2, 0.25) is 0 Å². The second-order valence-corrected chi connectivity index (χ2v) is 7.00. The summed E-state index contributed by atoms with van der Waals surface area (Å²) in [5.41, 5.74) is 1.98. The molecule has 25 heavy (non-hydrogen) atoms. The van der Waals surface area contributed by atoms with E-state index in [4.69, 9.17) is 9.47 Å². The molecule has 0 N–H and O–H groups in total. The molecule has 0 amide bonds. The van der Waals surface area contributed by atoms with E-state index in [1.54, 1.807) is 19.2 Å². The lowest BCUT2D eigenvalue weighted by atomic mass is 9.97. The molecular formula is C20H21NO4. The van der Waals surface area contributed by atoms with Crippen molar-refractivity contribution in [2.24, 2.45) is 11.8 Å². The zero-order valence-electron chi connectivity index (χ0n) is 14.2. The van der Waals surface area contributed by atoms with Crippen LogP contribution in [0.3, 0.4) is 0 Å². The molecule has 2 bridgehead atoms. The maximum absolute atomic E-state index is 10.8. The van der Waals surface area contributed by atoms with Crippen molar-refractivity contribution in [3.8, 4) is 22.6 Å². The Labute approximate surface area is 146 Å². The highest BCUT2D eigenvalue weighted by molar-refractivity contribution is 5.68. The van der Waals surface area contributed by atoms with Crippen molar-refractivity contribution in [3.63, 3.8) is 0 Å². The van der Waals surface area contributed by atoms with Crippen molar-refractivity contribution in [3.05, 3.63) is 52.6 Å². The second-order valence-electron chi connectivity index (χ2n) is 7.00. The molecule has 2 fully saturated rings. The first kappa shape index (κ1) is 15.9. The molecule has 0 spiro atoms. The van der Waals surface area contributed by atoms with Gasteiger partial charge in [-0.3, -0.25) is 10.1 Å². The quantitative estimate of drug-likeness (QED) is 0.578. The maximum atomic E-state index is 10.8. The lowest BCUT2D eigenvalue weighted by Crippen LogP contribution is -2.23. The van der Waals surface area contributed by atoms with Gasteiger partial charge in [0.1, 0.15) is 6.10 Å². The molecule has 2 aliphatic rings. The second kappa shape index (κ2) is 6.39. The molecule has 2 aromatic rings. The van der Waals surface area contributed by atoms with Crippen LogP contribution in [0.1, 0.15) is 25.7 Å². The van der Waals surface area contributed by atoms with Gasteiger partial charge in [-0.2, -0.15) is 0 Å². The molecule has 2 aliphatic carbocycles. The van der Waals surface area contributed by atoms with Crippen molar-refractivity contribution in [1.82, 2.24) is 0 Å². The number of methoxy groups -OCH3 is 1. The first-order valence-corrected chi connectivity index (χ1v) is 8.73. The standard InChI is InChI=1S/C20H21NO4/c1-24-18-9-6-15(14-4-7-17(8-5-14)21(22)23)12-20(18)25-19-11-13-2-3-16(19)10-13/h4-9,12-13,16,19H,2-3,10-11H2,1H3. The molecule has 0 aromatic heterocycles. The number of nitrogens with zero attached hydrogens (tertiary/aromatic N) is 1. The smallest absolute Gasteiger partial charge is 0.269 e. The van der Waals surface area contributed by atoms with Crippen LogP contribution in [0.5, 0.6) is 11.5 Å². The minimum absolute atomic E-state index is 0.0933. The van der Waals surface area contributed by atoms with Crippen molar-refractivity contribution in [2.75, 3.05) is 7.11 Å². The summed E-state index contributed by atoms with van der Waals surface area (Å²) in [5.74, 6) is 2.97. The summed E-state index contributed by atoms with van der Waals surface area (Å²) in [5, 5.41) is 10.8. The van der Waals surface area contributed by atoms with E-state index in [9.17, 15) is 10.1 Å². The summed E-state index contributed by atoms with van der Waals surface area (Å²) in [6.45, 7) is 0. The van der Waals surface area contributed by atoms with Gasteiger partial charge in [0.15, 0.2) is 11.5 Å². The lowest BCUT2D eigenvalue weighted by Gasteiger charge is -2.24. The van der Waals surface area contributed by atoms with Gasteiger partial charge in [-0.15, -0.1) is 0 Å². The molecule has 4 rings (SSSR count). The van der Waals surface area contributed by atoms with Gasteiger partial charge in [-0.05, 0) is 72.9 Å². The molecule has 0 heterocycles. The summed E-state index contributed by atoms with van der Waals surface area (Å²) in [7, 11) is 1.65. The highest BCUT2D eigenvalue weighted by Gasteiger charge is 2.41. The number of nitro groups is 1. The Morgan fingerprint density at radius 2 is 1.76 bits per heavy atom. The Hall–Kier alpha value is -2.56. The van der Waals surface area contributed by atoms with Crippen molar-refractivity contribution in [2.45, 2.75) is 31.8 Å². The highest BCUT2D eigenvalue weighted by atomic mass is 16.6. The largest absolute Gasteiger partial charge is 0.493 e. The topological polar surface area (TPSA) is 61.6 Å². The molecule has 3 unspecified atom stereocenters. The molecule has 130 valence electrons. The molecule has 2 saturated carbocycles. The summed E-state index contributed by atoms with van der Waals surface area (Å²) in [4.78, 5) is 10.4. The number of benzene rings is 2. The van der Waals surface area contributed by atoms with E-state index in [0.29, 0.717) is 5.92 Å². The fraction of sp³-hybridized carbons (Fsp3) is 0.400. The third-order valence-electron chi connectivity index (χ3n) is 5.53. The highest BCUT2D eigenvalue weighted by Crippen LogP contribution is 2.47. The zero-order valence-corrected chi connectivity index (χ0v) is 14.2. The number of hydrogen-bond acceptors (Lipinski definition) is 4.